The van der Waals surface area contributed by atoms with E-state index in [-0.39, 0.29) is 0 Å². The van der Waals surface area contributed by atoms with Crippen molar-refractivity contribution in [1.29, 1.82) is 0 Å². The quantitative estimate of drug-likeness (QED) is 0.676. The molecular formula is C17H29NO2S. The van der Waals surface area contributed by atoms with Gasteiger partial charge in [0.1, 0.15) is 9.84 Å². The number of sulfone groups is 1. The van der Waals surface area contributed by atoms with Crippen molar-refractivity contribution >= 4 is 9.84 Å². The fourth-order valence-electron chi connectivity index (χ4n) is 2.54. The number of nitrogens with one attached hydrogen (secondary N) is 1. The maximum Gasteiger partial charge on any atom is 0.147 e. The molecule has 1 atom stereocenters. The van der Waals surface area contributed by atoms with Crippen molar-refractivity contribution in [2.45, 2.75) is 39.5 Å². The van der Waals surface area contributed by atoms with Gasteiger partial charge in [0.25, 0.3) is 0 Å². The standard InChI is InChI=1S/C17H29NO2S/c1-4-11-18-14-16(9-7-12-21(3,19)20)13-17-10-6-5-8-15(17)2/h5-6,8,10,16,18H,4,7,9,11-14H2,1-3H3. The zero-order valence-electron chi connectivity index (χ0n) is 13.6. The van der Waals surface area contributed by atoms with Gasteiger partial charge in [0.15, 0.2) is 0 Å². The van der Waals surface area contributed by atoms with Crippen molar-refractivity contribution in [2.75, 3.05) is 25.1 Å². The van der Waals surface area contributed by atoms with E-state index in [0.29, 0.717) is 11.7 Å². The SMILES string of the molecule is CCCNCC(CCCS(C)(=O)=O)Cc1ccccc1C. The summed E-state index contributed by atoms with van der Waals surface area (Å²) in [6, 6.07) is 8.46. The van der Waals surface area contributed by atoms with Crippen LogP contribution in [0.25, 0.3) is 0 Å². The van der Waals surface area contributed by atoms with Crippen LogP contribution >= 0.6 is 0 Å². The zero-order chi connectivity index (χ0) is 15.7. The molecule has 1 aromatic rings. The van der Waals surface area contributed by atoms with Gasteiger partial charge >= 0.3 is 0 Å². The van der Waals surface area contributed by atoms with Crippen LogP contribution in [0.1, 0.15) is 37.3 Å². The average molecular weight is 311 g/mol. The van der Waals surface area contributed by atoms with Gasteiger partial charge in [-0.05, 0) is 62.7 Å². The Morgan fingerprint density at radius 2 is 1.95 bits per heavy atom. The molecule has 0 aliphatic carbocycles. The van der Waals surface area contributed by atoms with E-state index in [2.05, 4.69) is 43.4 Å². The van der Waals surface area contributed by atoms with Gasteiger partial charge in [-0.15, -0.1) is 0 Å². The first-order chi connectivity index (χ1) is 9.92. The number of benzene rings is 1. The van der Waals surface area contributed by atoms with Crippen LogP contribution in [-0.4, -0.2) is 33.5 Å². The van der Waals surface area contributed by atoms with Crippen LogP contribution in [0.3, 0.4) is 0 Å². The van der Waals surface area contributed by atoms with E-state index >= 15 is 0 Å². The van der Waals surface area contributed by atoms with Gasteiger partial charge < -0.3 is 5.32 Å². The highest BCUT2D eigenvalue weighted by molar-refractivity contribution is 7.90. The van der Waals surface area contributed by atoms with Crippen LogP contribution in [0.5, 0.6) is 0 Å². The highest BCUT2D eigenvalue weighted by atomic mass is 32.2. The second-order valence-corrected chi connectivity index (χ2v) is 8.23. The highest BCUT2D eigenvalue weighted by Crippen LogP contribution is 2.17. The van der Waals surface area contributed by atoms with E-state index in [4.69, 9.17) is 0 Å². The molecule has 1 aromatic carbocycles. The third kappa shape index (κ3) is 8.22. The summed E-state index contributed by atoms with van der Waals surface area (Å²) in [6.07, 6.45) is 5.17. The Balaban J connectivity index is 2.57. The maximum absolute atomic E-state index is 11.3. The number of rotatable bonds is 10. The summed E-state index contributed by atoms with van der Waals surface area (Å²) in [5.41, 5.74) is 2.70. The summed E-state index contributed by atoms with van der Waals surface area (Å²) < 4.78 is 22.5. The Labute approximate surface area is 130 Å². The molecule has 0 bridgehead atoms. The van der Waals surface area contributed by atoms with E-state index in [1.807, 2.05) is 0 Å². The number of hydrogen-bond acceptors (Lipinski definition) is 3. The Bertz CT molecular complexity index is 511. The molecule has 0 fully saturated rings. The first-order valence-corrected chi connectivity index (χ1v) is 9.91. The van der Waals surface area contributed by atoms with Crippen molar-refractivity contribution < 1.29 is 8.42 Å². The maximum atomic E-state index is 11.3. The van der Waals surface area contributed by atoms with Crippen LogP contribution < -0.4 is 5.32 Å². The predicted octanol–water partition coefficient (Wildman–Crippen LogP) is 2.98. The van der Waals surface area contributed by atoms with E-state index in [1.54, 1.807) is 0 Å². The largest absolute Gasteiger partial charge is 0.316 e. The Hall–Kier alpha value is -0.870. The topological polar surface area (TPSA) is 46.2 Å². The third-order valence-electron chi connectivity index (χ3n) is 3.76. The van der Waals surface area contributed by atoms with E-state index in [9.17, 15) is 8.42 Å². The number of hydrogen-bond donors (Lipinski definition) is 1. The summed E-state index contributed by atoms with van der Waals surface area (Å²) in [5.74, 6) is 0.796. The van der Waals surface area contributed by atoms with Crippen molar-refractivity contribution in [3.05, 3.63) is 35.4 Å². The van der Waals surface area contributed by atoms with Gasteiger partial charge in [0, 0.05) is 12.0 Å². The average Bonchev–Trinajstić information content (AvgIpc) is 2.40. The van der Waals surface area contributed by atoms with Crippen molar-refractivity contribution in [1.82, 2.24) is 5.32 Å². The lowest BCUT2D eigenvalue weighted by Crippen LogP contribution is -2.25. The van der Waals surface area contributed by atoms with Crippen LogP contribution in [0, 0.1) is 12.8 Å². The lowest BCUT2D eigenvalue weighted by molar-refractivity contribution is 0.438. The van der Waals surface area contributed by atoms with Crippen LogP contribution in [-0.2, 0) is 16.3 Å². The molecule has 4 heteroatoms. The van der Waals surface area contributed by atoms with Crippen molar-refractivity contribution in [2.24, 2.45) is 5.92 Å². The minimum Gasteiger partial charge on any atom is -0.316 e. The monoisotopic (exact) mass is 311 g/mol. The Morgan fingerprint density at radius 3 is 2.57 bits per heavy atom. The summed E-state index contributed by atoms with van der Waals surface area (Å²) >= 11 is 0. The second-order valence-electron chi connectivity index (χ2n) is 5.97. The Morgan fingerprint density at radius 1 is 1.24 bits per heavy atom. The first kappa shape index (κ1) is 18.2. The van der Waals surface area contributed by atoms with Crippen molar-refractivity contribution in [3.63, 3.8) is 0 Å². The van der Waals surface area contributed by atoms with Gasteiger partial charge in [-0.1, -0.05) is 31.2 Å². The lowest BCUT2D eigenvalue weighted by atomic mass is 9.92. The molecule has 0 aromatic heterocycles. The number of aryl methyl sites for hydroxylation is 1. The predicted molar refractivity (Wildman–Crippen MR) is 90.5 cm³/mol. The van der Waals surface area contributed by atoms with Crippen LogP contribution in [0.15, 0.2) is 24.3 Å². The van der Waals surface area contributed by atoms with Gasteiger partial charge in [-0.3, -0.25) is 0 Å². The van der Waals surface area contributed by atoms with Gasteiger partial charge in [0.2, 0.25) is 0 Å². The molecular weight excluding hydrogens is 282 g/mol. The lowest BCUT2D eigenvalue weighted by Gasteiger charge is -2.18. The third-order valence-corrected chi connectivity index (χ3v) is 4.79. The molecule has 21 heavy (non-hydrogen) atoms. The molecule has 1 unspecified atom stereocenters. The molecule has 0 radical (unpaired) electrons. The van der Waals surface area contributed by atoms with E-state index in [0.717, 1.165) is 38.8 Å². The molecule has 0 aliphatic rings. The molecule has 0 heterocycles. The van der Waals surface area contributed by atoms with Crippen molar-refractivity contribution in [3.8, 4) is 0 Å². The first-order valence-electron chi connectivity index (χ1n) is 7.85. The summed E-state index contributed by atoms with van der Waals surface area (Å²) in [7, 11) is -2.85. The molecule has 1 rings (SSSR count). The normalized spacial score (nSPS) is 13.3. The second kappa shape index (κ2) is 9.21. The molecule has 120 valence electrons. The summed E-state index contributed by atoms with van der Waals surface area (Å²) in [4.78, 5) is 0. The molecule has 3 nitrogen and oxygen atoms in total. The fourth-order valence-corrected chi connectivity index (χ4v) is 3.23. The summed E-state index contributed by atoms with van der Waals surface area (Å²) in [5, 5.41) is 3.47. The fraction of sp³-hybridized carbons (Fsp3) is 0.647. The molecule has 0 spiro atoms. The van der Waals surface area contributed by atoms with Gasteiger partial charge in [-0.2, -0.15) is 0 Å². The minimum atomic E-state index is -2.85. The highest BCUT2D eigenvalue weighted by Gasteiger charge is 2.12. The minimum absolute atomic E-state index is 0.297. The van der Waals surface area contributed by atoms with E-state index < -0.39 is 9.84 Å². The van der Waals surface area contributed by atoms with Crippen LogP contribution in [0.2, 0.25) is 0 Å². The molecule has 0 saturated carbocycles. The van der Waals surface area contributed by atoms with E-state index in [1.165, 1.54) is 17.4 Å². The Kier molecular flexibility index (Phi) is 7.97. The van der Waals surface area contributed by atoms with Gasteiger partial charge in [-0.25, -0.2) is 8.42 Å². The molecule has 0 aliphatic heterocycles. The summed E-state index contributed by atoms with van der Waals surface area (Å²) in [6.45, 7) is 6.29. The smallest absolute Gasteiger partial charge is 0.147 e. The molecule has 1 N–H and O–H groups in total. The molecule has 0 saturated heterocycles. The zero-order valence-corrected chi connectivity index (χ0v) is 14.4. The van der Waals surface area contributed by atoms with Gasteiger partial charge in [0.05, 0.1) is 0 Å². The molecule has 0 amide bonds. The van der Waals surface area contributed by atoms with Crippen LogP contribution in [0.4, 0.5) is 0 Å².